The lowest BCUT2D eigenvalue weighted by atomic mass is 10.0. The number of anilines is 1. The summed E-state index contributed by atoms with van der Waals surface area (Å²) in [6.07, 6.45) is 0.952. The Balaban J connectivity index is 1.60. The van der Waals surface area contributed by atoms with Crippen LogP contribution in [0.4, 0.5) is 10.1 Å². The van der Waals surface area contributed by atoms with Crippen LogP contribution < -0.4 is 4.90 Å². The van der Waals surface area contributed by atoms with Crippen molar-refractivity contribution in [2.24, 2.45) is 0 Å². The van der Waals surface area contributed by atoms with Crippen LogP contribution in [-0.4, -0.2) is 16.7 Å². The Bertz CT molecular complexity index is 1090. The molecular weight excluding hydrogens is 353 g/mol. The van der Waals surface area contributed by atoms with E-state index in [4.69, 9.17) is 4.42 Å². The minimum Gasteiger partial charge on any atom is -0.418 e. The summed E-state index contributed by atoms with van der Waals surface area (Å²) in [4.78, 5) is 2.25. The van der Waals surface area contributed by atoms with Gasteiger partial charge in [-0.15, -0.1) is 10.2 Å². The first-order chi connectivity index (χ1) is 13.8. The molecular formula is C23H18FN3O. The molecule has 5 rings (SSSR count). The summed E-state index contributed by atoms with van der Waals surface area (Å²) in [6, 6.07) is 24.3. The van der Waals surface area contributed by atoms with E-state index >= 15 is 0 Å². The van der Waals surface area contributed by atoms with Crippen molar-refractivity contribution in [3.63, 3.8) is 0 Å². The third-order valence-corrected chi connectivity index (χ3v) is 5.12. The molecule has 0 fully saturated rings. The molecule has 5 heteroatoms. The highest BCUT2D eigenvalue weighted by Crippen LogP contribution is 2.38. The smallest absolute Gasteiger partial charge is 0.247 e. The topological polar surface area (TPSA) is 42.2 Å². The highest BCUT2D eigenvalue weighted by molar-refractivity contribution is 5.61. The number of fused-ring (bicyclic) bond motifs is 1. The molecule has 3 aromatic carbocycles. The molecule has 2 heterocycles. The van der Waals surface area contributed by atoms with Crippen LogP contribution in [0.5, 0.6) is 0 Å². The van der Waals surface area contributed by atoms with Crippen LogP contribution in [0.15, 0.2) is 83.3 Å². The van der Waals surface area contributed by atoms with E-state index in [-0.39, 0.29) is 11.9 Å². The van der Waals surface area contributed by atoms with Gasteiger partial charge in [-0.2, -0.15) is 0 Å². The molecule has 0 amide bonds. The van der Waals surface area contributed by atoms with Crippen LogP contribution in [0.25, 0.3) is 11.5 Å². The van der Waals surface area contributed by atoms with E-state index in [0.29, 0.717) is 11.8 Å². The average Bonchev–Trinajstić information content (AvgIpc) is 3.39. The van der Waals surface area contributed by atoms with E-state index < -0.39 is 0 Å². The number of hydrogen-bond donors (Lipinski definition) is 0. The van der Waals surface area contributed by atoms with Crippen LogP contribution in [0.3, 0.4) is 0 Å². The molecule has 4 nitrogen and oxygen atoms in total. The highest BCUT2D eigenvalue weighted by atomic mass is 19.1. The summed E-state index contributed by atoms with van der Waals surface area (Å²) in [5, 5.41) is 8.62. The molecule has 1 aliphatic heterocycles. The summed E-state index contributed by atoms with van der Waals surface area (Å²) in [5.41, 5.74) is 4.23. The maximum absolute atomic E-state index is 13.5. The van der Waals surface area contributed by atoms with Gasteiger partial charge in [-0.25, -0.2) is 4.39 Å². The number of aromatic nitrogens is 2. The van der Waals surface area contributed by atoms with E-state index in [1.807, 2.05) is 36.4 Å². The lowest BCUT2D eigenvalue weighted by Crippen LogP contribution is -2.28. The number of benzene rings is 3. The molecule has 0 aliphatic carbocycles. The van der Waals surface area contributed by atoms with E-state index in [1.54, 1.807) is 12.1 Å². The maximum atomic E-state index is 13.5. The second-order valence-electron chi connectivity index (χ2n) is 6.84. The number of hydrogen-bond acceptors (Lipinski definition) is 4. The van der Waals surface area contributed by atoms with E-state index in [9.17, 15) is 4.39 Å². The number of rotatable bonds is 4. The summed E-state index contributed by atoms with van der Waals surface area (Å²) < 4.78 is 19.6. The van der Waals surface area contributed by atoms with Crippen molar-refractivity contribution in [2.45, 2.75) is 12.5 Å². The fourth-order valence-corrected chi connectivity index (χ4v) is 3.78. The Morgan fingerprint density at radius 2 is 1.61 bits per heavy atom. The SMILES string of the molecule is Fc1ccc(C(c2nnc(-c3ccccc3)o2)N2CCc3ccccc32)cc1. The van der Waals surface area contributed by atoms with Gasteiger partial charge in [0.25, 0.3) is 0 Å². The zero-order valence-electron chi connectivity index (χ0n) is 15.1. The van der Waals surface area contributed by atoms with Crippen molar-refractivity contribution in [2.75, 3.05) is 11.4 Å². The first kappa shape index (κ1) is 16.7. The molecule has 0 N–H and O–H groups in total. The predicted octanol–water partition coefficient (Wildman–Crippen LogP) is 5.03. The van der Waals surface area contributed by atoms with Crippen LogP contribution >= 0.6 is 0 Å². The summed E-state index contributed by atoms with van der Waals surface area (Å²) in [6.45, 7) is 0.838. The van der Waals surface area contributed by atoms with Gasteiger partial charge in [0.05, 0.1) is 0 Å². The molecule has 0 bridgehead atoms. The highest BCUT2D eigenvalue weighted by Gasteiger charge is 2.32. The zero-order valence-corrected chi connectivity index (χ0v) is 15.1. The van der Waals surface area contributed by atoms with Gasteiger partial charge < -0.3 is 9.32 Å². The second kappa shape index (κ2) is 6.93. The zero-order chi connectivity index (χ0) is 18.9. The molecule has 0 spiro atoms. The quantitative estimate of drug-likeness (QED) is 0.505. The molecule has 1 unspecified atom stereocenters. The Morgan fingerprint density at radius 1 is 0.857 bits per heavy atom. The van der Waals surface area contributed by atoms with Crippen molar-refractivity contribution < 1.29 is 8.81 Å². The van der Waals surface area contributed by atoms with Gasteiger partial charge in [-0.05, 0) is 47.9 Å². The van der Waals surface area contributed by atoms with Crippen LogP contribution in [-0.2, 0) is 6.42 Å². The minimum atomic E-state index is -0.269. The van der Waals surface area contributed by atoms with Crippen molar-refractivity contribution in [3.8, 4) is 11.5 Å². The molecule has 1 aliphatic rings. The molecule has 0 saturated heterocycles. The first-order valence-corrected chi connectivity index (χ1v) is 9.28. The molecule has 0 saturated carbocycles. The van der Waals surface area contributed by atoms with Crippen molar-refractivity contribution in [1.29, 1.82) is 0 Å². The van der Waals surface area contributed by atoms with Gasteiger partial charge in [0, 0.05) is 17.8 Å². The lowest BCUT2D eigenvalue weighted by Gasteiger charge is -2.28. The van der Waals surface area contributed by atoms with Crippen molar-refractivity contribution >= 4 is 5.69 Å². The Labute approximate surface area is 162 Å². The Kier molecular flexibility index (Phi) is 4.13. The van der Waals surface area contributed by atoms with Gasteiger partial charge in [-0.3, -0.25) is 0 Å². The fourth-order valence-electron chi connectivity index (χ4n) is 3.78. The first-order valence-electron chi connectivity index (χ1n) is 9.28. The average molecular weight is 371 g/mol. The standard InChI is InChI=1S/C23H18FN3O/c24-19-12-10-17(11-13-19)21(27-15-14-16-6-4-5-9-20(16)27)23-26-25-22(28-23)18-7-2-1-3-8-18/h1-13,21H,14-15H2. The van der Waals surface area contributed by atoms with Crippen LogP contribution in [0.1, 0.15) is 23.1 Å². The normalized spacial score (nSPS) is 14.1. The molecule has 138 valence electrons. The molecule has 0 radical (unpaired) electrons. The fraction of sp³-hybridized carbons (Fsp3) is 0.130. The van der Waals surface area contributed by atoms with Crippen molar-refractivity contribution in [1.82, 2.24) is 10.2 Å². The summed E-state index contributed by atoms with van der Waals surface area (Å²) in [7, 11) is 0. The molecule has 28 heavy (non-hydrogen) atoms. The van der Waals surface area contributed by atoms with E-state index in [0.717, 1.165) is 29.8 Å². The van der Waals surface area contributed by atoms with Gasteiger partial charge in [0.2, 0.25) is 11.8 Å². The molecule has 1 atom stereocenters. The molecule has 4 aromatic rings. The number of para-hydroxylation sites is 1. The van der Waals surface area contributed by atoms with E-state index in [1.165, 1.54) is 17.7 Å². The van der Waals surface area contributed by atoms with Gasteiger partial charge >= 0.3 is 0 Å². The van der Waals surface area contributed by atoms with Gasteiger partial charge in [0.1, 0.15) is 11.9 Å². The van der Waals surface area contributed by atoms with Crippen LogP contribution in [0, 0.1) is 5.82 Å². The van der Waals surface area contributed by atoms with Gasteiger partial charge in [-0.1, -0.05) is 48.5 Å². The van der Waals surface area contributed by atoms with Gasteiger partial charge in [0.15, 0.2) is 0 Å². The largest absolute Gasteiger partial charge is 0.418 e. The maximum Gasteiger partial charge on any atom is 0.247 e. The lowest BCUT2D eigenvalue weighted by molar-refractivity contribution is 0.471. The Morgan fingerprint density at radius 3 is 2.43 bits per heavy atom. The minimum absolute atomic E-state index is 0.264. The summed E-state index contributed by atoms with van der Waals surface area (Å²) >= 11 is 0. The monoisotopic (exact) mass is 371 g/mol. The third-order valence-electron chi connectivity index (χ3n) is 5.12. The number of nitrogens with zero attached hydrogens (tertiary/aromatic N) is 3. The second-order valence-corrected chi connectivity index (χ2v) is 6.84. The summed E-state index contributed by atoms with van der Waals surface area (Å²) in [5.74, 6) is 0.720. The molecule has 1 aromatic heterocycles. The number of halogens is 1. The predicted molar refractivity (Wildman–Crippen MR) is 105 cm³/mol. The van der Waals surface area contributed by atoms with Crippen molar-refractivity contribution in [3.05, 3.63) is 102 Å². The Hall–Kier alpha value is -3.47. The van der Waals surface area contributed by atoms with E-state index in [2.05, 4.69) is 33.3 Å². The third kappa shape index (κ3) is 2.95. The van der Waals surface area contributed by atoms with Crippen LogP contribution in [0.2, 0.25) is 0 Å².